The minimum atomic E-state index is 0.155. The van der Waals surface area contributed by atoms with Crippen molar-refractivity contribution in [2.45, 2.75) is 44.7 Å². The van der Waals surface area contributed by atoms with Gasteiger partial charge >= 0.3 is 6.03 Å². The van der Waals surface area contributed by atoms with Crippen molar-refractivity contribution in [3.05, 3.63) is 0 Å². The largest absolute Gasteiger partial charge is 0.338 e. The van der Waals surface area contributed by atoms with Crippen molar-refractivity contribution in [2.75, 3.05) is 6.54 Å². The molecule has 0 bridgehead atoms. The number of urea groups is 1. The highest BCUT2D eigenvalue weighted by atomic mass is 16.2. The Balaban J connectivity index is 1.90. The van der Waals surface area contributed by atoms with Gasteiger partial charge in [-0.1, -0.05) is 0 Å². The number of nitrogens with one attached hydrogen (secondary N) is 1. The summed E-state index contributed by atoms with van der Waals surface area (Å²) in [6.07, 6.45) is 4.86. The highest BCUT2D eigenvalue weighted by Crippen LogP contribution is 2.37. The van der Waals surface area contributed by atoms with Gasteiger partial charge in [-0.05, 0) is 32.6 Å². The van der Waals surface area contributed by atoms with Gasteiger partial charge in [-0.15, -0.1) is 0 Å². The Kier molecular flexibility index (Phi) is 1.95. The minimum Gasteiger partial charge on any atom is -0.338 e. The molecule has 2 amide bonds. The number of rotatable bonds is 3. The molecule has 0 atom stereocenters. The van der Waals surface area contributed by atoms with E-state index in [0.29, 0.717) is 12.1 Å². The zero-order valence-corrected chi connectivity index (χ0v) is 7.55. The zero-order valence-electron chi connectivity index (χ0n) is 7.55. The van der Waals surface area contributed by atoms with E-state index in [9.17, 15) is 4.79 Å². The van der Waals surface area contributed by atoms with Crippen LogP contribution < -0.4 is 5.32 Å². The Morgan fingerprint density at radius 3 is 2.17 bits per heavy atom. The van der Waals surface area contributed by atoms with E-state index in [1.165, 1.54) is 25.7 Å². The number of carbonyl (C=O) groups is 1. The molecule has 2 aliphatic carbocycles. The molecule has 0 aromatic rings. The molecule has 0 heterocycles. The summed E-state index contributed by atoms with van der Waals surface area (Å²) in [5, 5.41) is 2.88. The SMILES string of the molecule is CCNC(=O)N(C1CC1)C1CC1. The first-order valence-electron chi connectivity index (χ1n) is 4.89. The molecule has 3 nitrogen and oxygen atoms in total. The van der Waals surface area contributed by atoms with E-state index in [4.69, 9.17) is 0 Å². The van der Waals surface area contributed by atoms with Crippen molar-refractivity contribution in [3.63, 3.8) is 0 Å². The van der Waals surface area contributed by atoms with E-state index >= 15 is 0 Å². The van der Waals surface area contributed by atoms with Gasteiger partial charge in [0.25, 0.3) is 0 Å². The molecule has 2 fully saturated rings. The van der Waals surface area contributed by atoms with E-state index in [1.807, 2.05) is 6.92 Å². The Morgan fingerprint density at radius 1 is 1.33 bits per heavy atom. The highest BCUT2D eigenvalue weighted by Gasteiger charge is 2.41. The molecule has 2 saturated carbocycles. The first kappa shape index (κ1) is 7.90. The predicted octanol–water partition coefficient (Wildman–Crippen LogP) is 1.34. The molecular weight excluding hydrogens is 152 g/mol. The maximum atomic E-state index is 11.5. The fourth-order valence-electron chi connectivity index (χ4n) is 1.58. The molecule has 0 saturated heterocycles. The molecule has 2 rings (SSSR count). The van der Waals surface area contributed by atoms with Crippen LogP contribution >= 0.6 is 0 Å². The van der Waals surface area contributed by atoms with E-state index in [-0.39, 0.29) is 6.03 Å². The van der Waals surface area contributed by atoms with Gasteiger partial charge in [0.1, 0.15) is 0 Å². The van der Waals surface area contributed by atoms with Gasteiger partial charge in [-0.2, -0.15) is 0 Å². The summed E-state index contributed by atoms with van der Waals surface area (Å²) < 4.78 is 0. The zero-order chi connectivity index (χ0) is 8.55. The lowest BCUT2D eigenvalue weighted by molar-refractivity contribution is 0.192. The molecule has 0 aromatic heterocycles. The van der Waals surface area contributed by atoms with Crippen LogP contribution in [0.1, 0.15) is 32.6 Å². The Hall–Kier alpha value is -0.730. The van der Waals surface area contributed by atoms with Crippen molar-refractivity contribution < 1.29 is 4.79 Å². The second-order valence-electron chi connectivity index (χ2n) is 3.71. The summed E-state index contributed by atoms with van der Waals surface area (Å²) in [5.74, 6) is 0. The van der Waals surface area contributed by atoms with Crippen LogP contribution in [0.2, 0.25) is 0 Å². The van der Waals surface area contributed by atoms with E-state index in [2.05, 4.69) is 10.2 Å². The van der Waals surface area contributed by atoms with Crippen LogP contribution in [-0.2, 0) is 0 Å². The number of hydrogen-bond donors (Lipinski definition) is 1. The van der Waals surface area contributed by atoms with Gasteiger partial charge in [0.05, 0.1) is 0 Å². The lowest BCUT2D eigenvalue weighted by Gasteiger charge is -2.21. The minimum absolute atomic E-state index is 0.155. The van der Waals surface area contributed by atoms with Gasteiger partial charge in [0.2, 0.25) is 0 Å². The molecule has 0 unspecified atom stereocenters. The molecule has 0 aliphatic heterocycles. The van der Waals surface area contributed by atoms with Crippen LogP contribution in [0.5, 0.6) is 0 Å². The third-order valence-electron chi connectivity index (χ3n) is 2.44. The molecule has 1 N–H and O–H groups in total. The first-order valence-corrected chi connectivity index (χ1v) is 4.89. The second-order valence-corrected chi connectivity index (χ2v) is 3.71. The third-order valence-corrected chi connectivity index (χ3v) is 2.44. The molecule has 0 radical (unpaired) electrons. The smallest absolute Gasteiger partial charge is 0.317 e. The Labute approximate surface area is 73.1 Å². The van der Waals surface area contributed by atoms with Crippen molar-refractivity contribution in [3.8, 4) is 0 Å². The first-order chi connectivity index (χ1) is 5.83. The van der Waals surface area contributed by atoms with E-state index in [1.54, 1.807) is 0 Å². The van der Waals surface area contributed by atoms with Crippen molar-refractivity contribution in [1.82, 2.24) is 10.2 Å². The summed E-state index contributed by atoms with van der Waals surface area (Å²) in [5.41, 5.74) is 0. The van der Waals surface area contributed by atoms with Crippen LogP contribution in [0.4, 0.5) is 4.79 Å². The normalized spacial score (nSPS) is 22.1. The van der Waals surface area contributed by atoms with Crippen LogP contribution in [0.3, 0.4) is 0 Å². The lowest BCUT2D eigenvalue weighted by atomic mass is 10.5. The second kappa shape index (κ2) is 2.96. The predicted molar refractivity (Wildman–Crippen MR) is 47.0 cm³/mol. The fraction of sp³-hybridized carbons (Fsp3) is 0.889. The van der Waals surface area contributed by atoms with Crippen LogP contribution in [0.25, 0.3) is 0 Å². The van der Waals surface area contributed by atoms with Crippen LogP contribution in [0, 0.1) is 0 Å². The van der Waals surface area contributed by atoms with Gasteiger partial charge < -0.3 is 10.2 Å². The van der Waals surface area contributed by atoms with E-state index < -0.39 is 0 Å². The summed E-state index contributed by atoms with van der Waals surface area (Å²) in [4.78, 5) is 13.6. The summed E-state index contributed by atoms with van der Waals surface area (Å²) in [6, 6.07) is 1.30. The van der Waals surface area contributed by atoms with Crippen LogP contribution in [-0.4, -0.2) is 29.6 Å². The van der Waals surface area contributed by atoms with Crippen molar-refractivity contribution in [2.24, 2.45) is 0 Å². The maximum absolute atomic E-state index is 11.5. The fourth-order valence-corrected chi connectivity index (χ4v) is 1.58. The number of amides is 2. The highest BCUT2D eigenvalue weighted by molar-refractivity contribution is 5.75. The maximum Gasteiger partial charge on any atom is 0.317 e. The summed E-state index contributed by atoms with van der Waals surface area (Å²) in [6.45, 7) is 2.71. The average Bonchev–Trinajstić information content (AvgIpc) is 2.80. The molecular formula is C9H16N2O. The summed E-state index contributed by atoms with van der Waals surface area (Å²) in [7, 11) is 0. The standard InChI is InChI=1S/C9H16N2O/c1-2-10-9(12)11(7-3-4-7)8-5-6-8/h7-8H,2-6H2,1H3,(H,10,12). The monoisotopic (exact) mass is 168 g/mol. The Bertz CT molecular complexity index is 173. The number of nitrogens with zero attached hydrogens (tertiary/aromatic N) is 1. The average molecular weight is 168 g/mol. The molecule has 3 heteroatoms. The molecule has 12 heavy (non-hydrogen) atoms. The van der Waals surface area contributed by atoms with Gasteiger partial charge in [0, 0.05) is 18.6 Å². The quantitative estimate of drug-likeness (QED) is 0.677. The van der Waals surface area contributed by atoms with Crippen LogP contribution in [0.15, 0.2) is 0 Å². The van der Waals surface area contributed by atoms with E-state index in [0.717, 1.165) is 6.54 Å². The topological polar surface area (TPSA) is 32.3 Å². The molecule has 0 spiro atoms. The summed E-state index contributed by atoms with van der Waals surface area (Å²) >= 11 is 0. The third kappa shape index (κ3) is 1.54. The number of carbonyl (C=O) groups excluding carboxylic acids is 1. The number of hydrogen-bond acceptors (Lipinski definition) is 1. The van der Waals surface area contributed by atoms with Crippen molar-refractivity contribution in [1.29, 1.82) is 0 Å². The molecule has 2 aliphatic rings. The lowest BCUT2D eigenvalue weighted by Crippen LogP contribution is -2.42. The Morgan fingerprint density at radius 2 is 1.83 bits per heavy atom. The molecule has 68 valence electrons. The molecule has 0 aromatic carbocycles. The van der Waals surface area contributed by atoms with Gasteiger partial charge in [0.15, 0.2) is 0 Å². The van der Waals surface area contributed by atoms with Crippen molar-refractivity contribution >= 4 is 6.03 Å². The van der Waals surface area contributed by atoms with Gasteiger partial charge in [-0.25, -0.2) is 4.79 Å². The van der Waals surface area contributed by atoms with Gasteiger partial charge in [-0.3, -0.25) is 0 Å².